The average Bonchev–Trinajstić information content (AvgIpc) is 3.48. The molecule has 10 heteroatoms. The van der Waals surface area contributed by atoms with Gasteiger partial charge in [0.2, 0.25) is 0 Å². The van der Waals surface area contributed by atoms with Crippen molar-refractivity contribution in [3.05, 3.63) is 84.8 Å². The number of pyridine rings is 1. The fourth-order valence-electron chi connectivity index (χ4n) is 4.54. The van der Waals surface area contributed by atoms with Crippen LogP contribution in [0.3, 0.4) is 0 Å². The second-order valence-corrected chi connectivity index (χ2v) is 8.97. The van der Waals surface area contributed by atoms with E-state index in [1.807, 2.05) is 48.5 Å². The van der Waals surface area contributed by atoms with E-state index in [1.165, 1.54) is 11.9 Å². The molecule has 0 aliphatic carbocycles. The molecule has 2 aromatic carbocycles. The van der Waals surface area contributed by atoms with Crippen molar-refractivity contribution in [3.63, 3.8) is 0 Å². The van der Waals surface area contributed by atoms with E-state index in [2.05, 4.69) is 27.4 Å². The van der Waals surface area contributed by atoms with Gasteiger partial charge in [-0.3, -0.25) is 0 Å². The van der Waals surface area contributed by atoms with Gasteiger partial charge in [0.25, 0.3) is 0 Å². The molecule has 4 atom stereocenters. The molecule has 0 saturated carbocycles. The standard InChI is InChI=1S/C27H26N6O4/c28-25-19-10-11-33(26(19)31-15-30-25)27-24(35)23(34)21(37-27)14-36-18-8-6-17-7-9-22(32-20(17)12-18)29-13-16-4-2-1-3-5-16/h1-12,15,21,23-24,27,34-35H,13-14H2,(H,29,32)(H2,28,30,31)/t21-,23-,24-,27-/m1/s1. The van der Waals surface area contributed by atoms with Gasteiger partial charge in [0.15, 0.2) is 6.23 Å². The third-order valence-electron chi connectivity index (χ3n) is 6.55. The number of hydrogen-bond donors (Lipinski definition) is 4. The normalized spacial score (nSPS) is 21.5. The van der Waals surface area contributed by atoms with Crippen LogP contribution in [0.25, 0.3) is 21.9 Å². The summed E-state index contributed by atoms with van der Waals surface area (Å²) in [5.41, 5.74) is 8.37. The molecule has 0 amide bonds. The van der Waals surface area contributed by atoms with E-state index in [9.17, 15) is 10.2 Å². The highest BCUT2D eigenvalue weighted by molar-refractivity contribution is 5.86. The van der Waals surface area contributed by atoms with Crippen LogP contribution < -0.4 is 15.8 Å². The molecule has 4 heterocycles. The molecule has 0 radical (unpaired) electrons. The Bertz CT molecular complexity index is 1540. The summed E-state index contributed by atoms with van der Waals surface area (Å²) in [7, 11) is 0. The third-order valence-corrected chi connectivity index (χ3v) is 6.55. The van der Waals surface area contributed by atoms with Crippen LogP contribution in [-0.4, -0.2) is 54.7 Å². The quantitative estimate of drug-likeness (QED) is 0.267. The first kappa shape index (κ1) is 23.2. The van der Waals surface area contributed by atoms with Gasteiger partial charge in [-0.05, 0) is 35.9 Å². The second kappa shape index (κ2) is 9.66. The number of fused-ring (bicyclic) bond motifs is 2. The molecule has 0 spiro atoms. The molecule has 188 valence electrons. The number of aliphatic hydroxyl groups excluding tert-OH is 2. The Balaban J connectivity index is 1.14. The molecule has 10 nitrogen and oxygen atoms in total. The number of nitrogens with two attached hydrogens (primary N) is 1. The largest absolute Gasteiger partial charge is 0.491 e. The molecular formula is C27H26N6O4. The van der Waals surface area contributed by atoms with Crippen LogP contribution in [0.5, 0.6) is 5.75 Å². The molecule has 0 unspecified atom stereocenters. The summed E-state index contributed by atoms with van der Waals surface area (Å²) < 4.78 is 13.6. The van der Waals surface area contributed by atoms with Crippen molar-refractivity contribution >= 4 is 33.6 Å². The number of rotatable bonds is 7. The van der Waals surface area contributed by atoms with Crippen LogP contribution in [0, 0.1) is 0 Å². The average molecular weight is 499 g/mol. The molecule has 1 aliphatic rings. The molecule has 1 fully saturated rings. The maximum atomic E-state index is 10.7. The molecule has 0 bridgehead atoms. The van der Waals surface area contributed by atoms with Crippen LogP contribution in [-0.2, 0) is 11.3 Å². The summed E-state index contributed by atoms with van der Waals surface area (Å²) in [5, 5.41) is 26.3. The number of hydrogen-bond acceptors (Lipinski definition) is 9. The summed E-state index contributed by atoms with van der Waals surface area (Å²) in [4.78, 5) is 12.9. The van der Waals surface area contributed by atoms with Gasteiger partial charge in [-0.1, -0.05) is 30.3 Å². The summed E-state index contributed by atoms with van der Waals surface area (Å²) in [6.45, 7) is 0.716. The van der Waals surface area contributed by atoms with Crippen molar-refractivity contribution in [2.45, 2.75) is 31.1 Å². The number of anilines is 2. The van der Waals surface area contributed by atoms with Gasteiger partial charge in [0.05, 0.1) is 10.9 Å². The zero-order chi connectivity index (χ0) is 25.4. The minimum Gasteiger partial charge on any atom is -0.491 e. The Morgan fingerprint density at radius 1 is 1.00 bits per heavy atom. The van der Waals surface area contributed by atoms with Crippen molar-refractivity contribution in [1.29, 1.82) is 0 Å². The third kappa shape index (κ3) is 4.53. The summed E-state index contributed by atoms with van der Waals surface area (Å²) in [5.74, 6) is 1.68. The molecule has 1 aliphatic heterocycles. The topological polar surface area (TPSA) is 141 Å². The van der Waals surface area contributed by atoms with Crippen molar-refractivity contribution in [2.75, 3.05) is 17.7 Å². The maximum Gasteiger partial charge on any atom is 0.164 e. The van der Waals surface area contributed by atoms with Crippen LogP contribution in [0.2, 0.25) is 0 Å². The summed E-state index contributed by atoms with van der Waals surface area (Å²) >= 11 is 0. The first-order valence-electron chi connectivity index (χ1n) is 12.0. The molecule has 5 N–H and O–H groups in total. The van der Waals surface area contributed by atoms with Gasteiger partial charge in [-0.2, -0.15) is 0 Å². The van der Waals surface area contributed by atoms with E-state index in [0.29, 0.717) is 29.1 Å². The Morgan fingerprint density at radius 2 is 1.84 bits per heavy atom. The fraction of sp³-hybridized carbons (Fsp3) is 0.222. The van der Waals surface area contributed by atoms with Crippen molar-refractivity contribution < 1.29 is 19.7 Å². The summed E-state index contributed by atoms with van der Waals surface area (Å²) in [6.07, 6.45) is -0.849. The van der Waals surface area contributed by atoms with E-state index in [1.54, 1.807) is 16.8 Å². The number of ether oxygens (including phenoxy) is 2. The lowest BCUT2D eigenvalue weighted by Gasteiger charge is -2.17. The predicted octanol–water partition coefficient (Wildman–Crippen LogP) is 2.87. The maximum absolute atomic E-state index is 10.7. The predicted molar refractivity (Wildman–Crippen MR) is 139 cm³/mol. The molecular weight excluding hydrogens is 472 g/mol. The number of benzene rings is 2. The van der Waals surface area contributed by atoms with Gasteiger partial charge < -0.3 is 35.3 Å². The first-order chi connectivity index (χ1) is 18.1. The van der Waals surface area contributed by atoms with Gasteiger partial charge in [-0.15, -0.1) is 0 Å². The molecule has 37 heavy (non-hydrogen) atoms. The van der Waals surface area contributed by atoms with Crippen LogP contribution >= 0.6 is 0 Å². The first-order valence-corrected chi connectivity index (χ1v) is 12.0. The Morgan fingerprint density at radius 3 is 2.70 bits per heavy atom. The number of aliphatic hydroxyl groups is 2. The van der Waals surface area contributed by atoms with E-state index < -0.39 is 24.5 Å². The van der Waals surface area contributed by atoms with Gasteiger partial charge in [0.1, 0.15) is 54.3 Å². The van der Waals surface area contributed by atoms with Gasteiger partial charge >= 0.3 is 0 Å². The molecule has 6 rings (SSSR count). The van der Waals surface area contributed by atoms with Gasteiger partial charge in [0, 0.05) is 24.2 Å². The second-order valence-electron chi connectivity index (χ2n) is 8.97. The van der Waals surface area contributed by atoms with E-state index in [4.69, 9.17) is 20.2 Å². The molecule has 3 aromatic heterocycles. The highest BCUT2D eigenvalue weighted by Gasteiger charge is 2.44. The van der Waals surface area contributed by atoms with Gasteiger partial charge in [-0.25, -0.2) is 15.0 Å². The van der Waals surface area contributed by atoms with Crippen molar-refractivity contribution in [2.24, 2.45) is 0 Å². The lowest BCUT2D eigenvalue weighted by atomic mass is 10.1. The number of nitrogens with one attached hydrogen (secondary N) is 1. The Hall–Kier alpha value is -4.25. The van der Waals surface area contributed by atoms with Crippen LogP contribution in [0.4, 0.5) is 11.6 Å². The number of nitrogens with zero attached hydrogens (tertiary/aromatic N) is 4. The lowest BCUT2D eigenvalue weighted by molar-refractivity contribution is -0.0471. The smallest absolute Gasteiger partial charge is 0.164 e. The highest BCUT2D eigenvalue weighted by Crippen LogP contribution is 2.33. The number of nitrogen functional groups attached to an aromatic ring is 1. The summed E-state index contributed by atoms with van der Waals surface area (Å²) in [6, 6.07) is 21.4. The highest BCUT2D eigenvalue weighted by atomic mass is 16.6. The fourth-order valence-corrected chi connectivity index (χ4v) is 4.54. The zero-order valence-electron chi connectivity index (χ0n) is 19.8. The van der Waals surface area contributed by atoms with E-state index in [0.717, 1.165) is 16.7 Å². The SMILES string of the molecule is Nc1ncnc2c1ccn2[C@@H]1O[C@H](COc2ccc3ccc(NCc4ccccc4)nc3c2)[C@@H](O)[C@H]1O. The molecule has 5 aromatic rings. The lowest BCUT2D eigenvalue weighted by Crippen LogP contribution is -2.34. The minimum absolute atomic E-state index is 0.0442. The minimum atomic E-state index is -1.17. The van der Waals surface area contributed by atoms with Crippen molar-refractivity contribution in [3.8, 4) is 5.75 Å². The monoisotopic (exact) mass is 498 g/mol. The molecule has 1 saturated heterocycles. The van der Waals surface area contributed by atoms with Crippen LogP contribution in [0.15, 0.2) is 79.3 Å². The van der Waals surface area contributed by atoms with Crippen LogP contribution in [0.1, 0.15) is 11.8 Å². The number of aromatic nitrogens is 4. The van der Waals surface area contributed by atoms with E-state index in [-0.39, 0.29) is 6.61 Å². The zero-order valence-corrected chi connectivity index (χ0v) is 19.8. The Kier molecular flexibility index (Phi) is 6.05. The Labute approximate surface area is 212 Å². The van der Waals surface area contributed by atoms with Crippen molar-refractivity contribution in [1.82, 2.24) is 19.5 Å². The van der Waals surface area contributed by atoms with E-state index >= 15 is 0 Å².